The Morgan fingerprint density at radius 2 is 1.38 bits per heavy atom. The van der Waals surface area contributed by atoms with E-state index in [1.54, 1.807) is 11.8 Å². The molecule has 11 heteroatoms. The number of hydrogen-bond donors (Lipinski definition) is 1. The summed E-state index contributed by atoms with van der Waals surface area (Å²) in [6.07, 6.45) is -4.81. The second-order valence-corrected chi connectivity index (χ2v) is 10.2. The second kappa shape index (κ2) is 11.4. The van der Waals surface area contributed by atoms with E-state index in [0.717, 1.165) is 44.2 Å². The first-order chi connectivity index (χ1) is 18.4. The number of nitrogens with one attached hydrogen (secondary N) is 1. The smallest absolute Gasteiger partial charge is 0.354 e. The standard InChI is InChI=1S/C28H32F7N3O/c1-2-36-25(39)26(19-7-6-8-23(29)18-19,38-13-11-37(12-14-38)24-9-4-3-5-10-24)20-15-21(27(30,31)32)17-22(16-20)28(33,34)35/h6-8,15-18,24H,2-5,9-14H2,1H3,(H,36,39). The largest absolute Gasteiger partial charge is 0.416 e. The van der Waals surface area contributed by atoms with Crippen LogP contribution >= 0.6 is 0 Å². The van der Waals surface area contributed by atoms with Crippen LogP contribution in [0.5, 0.6) is 0 Å². The van der Waals surface area contributed by atoms with Crippen molar-refractivity contribution in [2.45, 2.75) is 63.0 Å². The molecule has 0 aromatic heterocycles. The number of likely N-dealkylation sites (N-methyl/N-ethyl adjacent to an activating group) is 1. The van der Waals surface area contributed by atoms with Crippen LogP contribution in [0.1, 0.15) is 61.3 Å². The number of amides is 1. The molecule has 4 rings (SSSR count). The van der Waals surface area contributed by atoms with Gasteiger partial charge in [0.1, 0.15) is 5.82 Å². The third-order valence-electron chi connectivity index (χ3n) is 7.79. The van der Waals surface area contributed by atoms with E-state index in [1.165, 1.54) is 12.1 Å². The van der Waals surface area contributed by atoms with Gasteiger partial charge in [0.05, 0.1) is 11.1 Å². The van der Waals surface area contributed by atoms with Gasteiger partial charge in [-0.15, -0.1) is 0 Å². The number of carbonyl (C=O) groups excluding carboxylic acids is 1. The highest BCUT2D eigenvalue weighted by Crippen LogP contribution is 2.44. The van der Waals surface area contributed by atoms with Crippen molar-refractivity contribution >= 4 is 5.91 Å². The molecule has 1 N–H and O–H groups in total. The van der Waals surface area contributed by atoms with Crippen LogP contribution in [0.25, 0.3) is 0 Å². The fourth-order valence-corrected chi connectivity index (χ4v) is 5.97. The molecule has 1 heterocycles. The van der Waals surface area contributed by atoms with Gasteiger partial charge in [0.2, 0.25) is 5.91 Å². The van der Waals surface area contributed by atoms with Gasteiger partial charge in [-0.25, -0.2) is 4.39 Å². The Hall–Kier alpha value is -2.66. The number of alkyl halides is 6. The van der Waals surface area contributed by atoms with Crippen molar-refractivity contribution in [3.8, 4) is 0 Å². The number of hydrogen-bond acceptors (Lipinski definition) is 3. The van der Waals surface area contributed by atoms with Gasteiger partial charge in [0, 0.05) is 38.8 Å². The van der Waals surface area contributed by atoms with E-state index in [2.05, 4.69) is 10.2 Å². The molecule has 0 bridgehead atoms. The van der Waals surface area contributed by atoms with Gasteiger partial charge in [-0.05, 0) is 61.2 Å². The van der Waals surface area contributed by atoms with Crippen LogP contribution < -0.4 is 5.32 Å². The molecule has 1 unspecified atom stereocenters. The zero-order chi connectivity index (χ0) is 28.4. The number of carbonyl (C=O) groups is 1. The van der Waals surface area contributed by atoms with Crippen molar-refractivity contribution < 1.29 is 35.5 Å². The van der Waals surface area contributed by atoms with Crippen LogP contribution in [0.15, 0.2) is 42.5 Å². The molecular weight excluding hydrogens is 527 g/mol. The summed E-state index contributed by atoms with van der Waals surface area (Å²) < 4.78 is 97.9. The molecule has 1 aliphatic carbocycles. The van der Waals surface area contributed by atoms with Crippen molar-refractivity contribution in [2.24, 2.45) is 0 Å². The molecule has 0 spiro atoms. The molecular formula is C28H32F7N3O. The summed E-state index contributed by atoms with van der Waals surface area (Å²) in [7, 11) is 0. The molecule has 1 saturated heterocycles. The van der Waals surface area contributed by atoms with E-state index < -0.39 is 46.3 Å². The highest BCUT2D eigenvalue weighted by molar-refractivity contribution is 5.92. The molecule has 2 aliphatic rings. The molecule has 2 aromatic carbocycles. The summed E-state index contributed by atoms with van der Waals surface area (Å²) in [4.78, 5) is 17.8. The lowest BCUT2D eigenvalue weighted by Gasteiger charge is -2.49. The zero-order valence-electron chi connectivity index (χ0n) is 21.6. The maximum atomic E-state index is 14.6. The number of nitrogens with zero attached hydrogens (tertiary/aromatic N) is 2. The maximum absolute atomic E-state index is 14.6. The number of benzene rings is 2. The summed E-state index contributed by atoms with van der Waals surface area (Å²) in [5.41, 5.74) is -5.73. The van der Waals surface area contributed by atoms with Crippen LogP contribution in [0.4, 0.5) is 30.7 Å². The van der Waals surface area contributed by atoms with Gasteiger partial charge < -0.3 is 5.32 Å². The monoisotopic (exact) mass is 559 g/mol. The zero-order valence-corrected chi connectivity index (χ0v) is 21.6. The normalized spacial score (nSPS) is 20.0. The van der Waals surface area contributed by atoms with E-state index in [4.69, 9.17) is 0 Å². The molecule has 2 fully saturated rings. The Kier molecular flexibility index (Phi) is 8.61. The lowest BCUT2D eigenvalue weighted by molar-refractivity contribution is -0.144. The predicted octanol–water partition coefficient (Wildman–Crippen LogP) is 6.19. The van der Waals surface area contributed by atoms with Crippen molar-refractivity contribution in [3.05, 3.63) is 70.5 Å². The lowest BCUT2D eigenvalue weighted by Crippen LogP contribution is -2.63. The average Bonchev–Trinajstić information content (AvgIpc) is 2.89. The Bertz CT molecular complexity index is 1120. The van der Waals surface area contributed by atoms with Crippen LogP contribution in [0, 0.1) is 5.82 Å². The van der Waals surface area contributed by atoms with Crippen molar-refractivity contribution in [2.75, 3.05) is 32.7 Å². The minimum absolute atomic E-state index is 0.0352. The van der Waals surface area contributed by atoms with Gasteiger partial charge in [0.25, 0.3) is 0 Å². The molecule has 1 amide bonds. The molecule has 1 saturated carbocycles. The van der Waals surface area contributed by atoms with E-state index >= 15 is 0 Å². The Labute approximate surface area is 223 Å². The topological polar surface area (TPSA) is 35.6 Å². The van der Waals surface area contributed by atoms with Crippen molar-refractivity contribution in [1.82, 2.24) is 15.1 Å². The second-order valence-electron chi connectivity index (χ2n) is 10.2. The summed E-state index contributed by atoms with van der Waals surface area (Å²) in [5.74, 6) is -1.57. The lowest BCUT2D eigenvalue weighted by atomic mass is 9.78. The summed E-state index contributed by atoms with van der Waals surface area (Å²) >= 11 is 0. The van der Waals surface area contributed by atoms with E-state index in [-0.39, 0.29) is 31.3 Å². The van der Waals surface area contributed by atoms with Gasteiger partial charge in [-0.1, -0.05) is 31.4 Å². The summed E-state index contributed by atoms with van der Waals surface area (Å²) in [6.45, 7) is 3.02. The Balaban J connectivity index is 1.91. The molecule has 1 atom stereocenters. The van der Waals surface area contributed by atoms with Crippen LogP contribution in [0.3, 0.4) is 0 Å². The fourth-order valence-electron chi connectivity index (χ4n) is 5.97. The first-order valence-corrected chi connectivity index (χ1v) is 13.2. The Morgan fingerprint density at radius 3 is 1.90 bits per heavy atom. The number of halogens is 7. The van der Waals surface area contributed by atoms with Crippen molar-refractivity contribution in [1.29, 1.82) is 0 Å². The summed E-state index contributed by atoms with van der Waals surface area (Å²) in [5, 5.41) is 2.61. The molecule has 1 aliphatic heterocycles. The van der Waals surface area contributed by atoms with E-state index in [9.17, 15) is 35.5 Å². The molecule has 39 heavy (non-hydrogen) atoms. The van der Waals surface area contributed by atoms with Crippen LogP contribution in [0.2, 0.25) is 0 Å². The van der Waals surface area contributed by atoms with Gasteiger partial charge in [-0.2, -0.15) is 26.3 Å². The number of rotatable bonds is 6. The van der Waals surface area contributed by atoms with E-state index in [0.29, 0.717) is 31.3 Å². The molecule has 0 radical (unpaired) electrons. The minimum atomic E-state index is -5.11. The number of piperazine rings is 1. The van der Waals surface area contributed by atoms with E-state index in [1.807, 2.05) is 0 Å². The highest BCUT2D eigenvalue weighted by atomic mass is 19.4. The van der Waals surface area contributed by atoms with Gasteiger partial charge in [0.15, 0.2) is 5.54 Å². The first-order valence-electron chi connectivity index (χ1n) is 13.2. The predicted molar refractivity (Wildman–Crippen MR) is 132 cm³/mol. The first kappa shape index (κ1) is 29.3. The highest BCUT2D eigenvalue weighted by Gasteiger charge is 2.50. The van der Waals surface area contributed by atoms with Gasteiger partial charge in [-0.3, -0.25) is 14.6 Å². The Morgan fingerprint density at radius 1 is 0.821 bits per heavy atom. The maximum Gasteiger partial charge on any atom is 0.416 e. The minimum Gasteiger partial charge on any atom is -0.354 e. The van der Waals surface area contributed by atoms with Crippen LogP contribution in [-0.4, -0.2) is 54.5 Å². The third kappa shape index (κ3) is 6.09. The molecule has 214 valence electrons. The molecule has 4 nitrogen and oxygen atoms in total. The molecule has 2 aromatic rings. The van der Waals surface area contributed by atoms with Crippen molar-refractivity contribution in [3.63, 3.8) is 0 Å². The average molecular weight is 560 g/mol. The van der Waals surface area contributed by atoms with Crippen LogP contribution in [-0.2, 0) is 22.7 Å². The quantitative estimate of drug-likeness (QED) is 0.429. The fraction of sp³-hybridized carbons (Fsp3) is 0.536. The SMILES string of the molecule is CCNC(=O)C(c1cccc(F)c1)(c1cc(C(F)(F)F)cc(C(F)(F)F)c1)N1CCN(C2CCCCC2)CC1. The summed E-state index contributed by atoms with van der Waals surface area (Å²) in [6, 6.07) is 6.36. The van der Waals surface area contributed by atoms with Gasteiger partial charge >= 0.3 is 12.4 Å². The third-order valence-corrected chi connectivity index (χ3v) is 7.79.